The summed E-state index contributed by atoms with van der Waals surface area (Å²) >= 11 is 0. The van der Waals surface area contributed by atoms with Crippen molar-refractivity contribution in [2.75, 3.05) is 6.61 Å². The molecule has 0 bridgehead atoms. The van der Waals surface area contributed by atoms with Gasteiger partial charge >= 0.3 is 5.97 Å². The number of hydrogen-bond donors (Lipinski definition) is 3. The van der Waals surface area contributed by atoms with Crippen LogP contribution >= 0.6 is 0 Å². The number of esters is 1. The quantitative estimate of drug-likeness (QED) is 0.0348. The molecule has 1 amide bonds. The third-order valence-corrected chi connectivity index (χ3v) is 9.28. The maximum Gasteiger partial charge on any atom is 0.306 e. The predicted molar refractivity (Wildman–Crippen MR) is 204 cm³/mol. The second-order valence-electron chi connectivity index (χ2n) is 14.0. The van der Waals surface area contributed by atoms with E-state index in [1.807, 2.05) is 12.2 Å². The van der Waals surface area contributed by atoms with E-state index < -0.39 is 18.2 Å². The molecule has 0 spiro atoms. The summed E-state index contributed by atoms with van der Waals surface area (Å²) in [6.45, 7) is 6.38. The normalized spacial score (nSPS) is 13.7. The Hall–Kier alpha value is -1.66. The summed E-state index contributed by atoms with van der Waals surface area (Å²) in [6.07, 6.45) is 38.4. The van der Waals surface area contributed by atoms with Crippen molar-refractivity contribution in [1.82, 2.24) is 5.32 Å². The number of carbonyl (C=O) groups is 2. The van der Waals surface area contributed by atoms with Gasteiger partial charge in [0, 0.05) is 6.42 Å². The highest BCUT2D eigenvalue weighted by molar-refractivity contribution is 5.78. The average molecular weight is 678 g/mol. The highest BCUT2D eigenvalue weighted by atomic mass is 16.5. The van der Waals surface area contributed by atoms with E-state index in [0.717, 1.165) is 51.4 Å². The van der Waals surface area contributed by atoms with Crippen molar-refractivity contribution in [2.45, 2.75) is 225 Å². The molecule has 6 heteroatoms. The first-order valence-corrected chi connectivity index (χ1v) is 20.6. The van der Waals surface area contributed by atoms with Crippen molar-refractivity contribution >= 4 is 11.9 Å². The van der Waals surface area contributed by atoms with E-state index in [2.05, 4.69) is 38.2 Å². The lowest BCUT2D eigenvalue weighted by atomic mass is 10.0. The Kier molecular flexibility index (Phi) is 35.3. The van der Waals surface area contributed by atoms with Crippen molar-refractivity contribution < 1.29 is 24.5 Å². The molecule has 0 fully saturated rings. The second kappa shape index (κ2) is 36.6. The van der Waals surface area contributed by atoms with Gasteiger partial charge < -0.3 is 20.3 Å². The SMILES string of the molecule is CCCCCCCC/C=C\C/C=C/C(CC(=O)NC(CO)C(O)CCCCCCCCCCC)OC(=O)CCCCCCCCCCC. The second-order valence-corrected chi connectivity index (χ2v) is 14.0. The summed E-state index contributed by atoms with van der Waals surface area (Å²) in [5.74, 6) is -0.604. The largest absolute Gasteiger partial charge is 0.458 e. The molecule has 0 aromatic carbocycles. The van der Waals surface area contributed by atoms with Gasteiger partial charge in [0.2, 0.25) is 5.91 Å². The topological polar surface area (TPSA) is 95.9 Å². The molecule has 3 unspecified atom stereocenters. The van der Waals surface area contributed by atoms with Crippen LogP contribution in [-0.2, 0) is 14.3 Å². The highest BCUT2D eigenvalue weighted by Crippen LogP contribution is 2.15. The van der Waals surface area contributed by atoms with Crippen LogP contribution in [0.15, 0.2) is 24.3 Å². The van der Waals surface area contributed by atoms with Crippen LogP contribution < -0.4 is 5.32 Å². The summed E-state index contributed by atoms with van der Waals surface area (Å²) in [5.41, 5.74) is 0. The Morgan fingerprint density at radius 1 is 0.625 bits per heavy atom. The van der Waals surface area contributed by atoms with Gasteiger partial charge in [-0.05, 0) is 38.2 Å². The third kappa shape index (κ3) is 31.6. The van der Waals surface area contributed by atoms with Crippen molar-refractivity contribution in [2.24, 2.45) is 0 Å². The molecule has 0 aromatic rings. The summed E-state index contributed by atoms with van der Waals surface area (Å²) in [5, 5.41) is 23.4. The van der Waals surface area contributed by atoms with Gasteiger partial charge in [-0.15, -0.1) is 0 Å². The van der Waals surface area contributed by atoms with Gasteiger partial charge in [-0.3, -0.25) is 9.59 Å². The molecule has 0 saturated heterocycles. The van der Waals surface area contributed by atoms with Crippen LogP contribution in [0.4, 0.5) is 0 Å². The Morgan fingerprint density at radius 3 is 1.62 bits per heavy atom. The van der Waals surface area contributed by atoms with Crippen LogP contribution in [0.3, 0.4) is 0 Å². The predicted octanol–water partition coefficient (Wildman–Crippen LogP) is 11.2. The number of amides is 1. The molecular formula is C42H79NO5. The zero-order valence-electron chi connectivity index (χ0n) is 31.9. The molecule has 0 radical (unpaired) electrons. The molecule has 6 nitrogen and oxygen atoms in total. The molecule has 48 heavy (non-hydrogen) atoms. The molecule has 0 aliphatic heterocycles. The van der Waals surface area contributed by atoms with E-state index in [-0.39, 0.29) is 24.9 Å². The number of rotatable bonds is 36. The van der Waals surface area contributed by atoms with Crippen LogP contribution in [0.1, 0.15) is 207 Å². The molecule has 0 heterocycles. The Morgan fingerprint density at radius 2 is 1.10 bits per heavy atom. The van der Waals surface area contributed by atoms with Crippen molar-refractivity contribution in [3.63, 3.8) is 0 Å². The lowest BCUT2D eigenvalue weighted by Gasteiger charge is -2.23. The van der Waals surface area contributed by atoms with E-state index in [9.17, 15) is 19.8 Å². The minimum Gasteiger partial charge on any atom is -0.458 e. The number of hydrogen-bond acceptors (Lipinski definition) is 5. The van der Waals surface area contributed by atoms with E-state index in [0.29, 0.717) is 12.8 Å². The monoisotopic (exact) mass is 678 g/mol. The Bertz CT molecular complexity index is 767. The lowest BCUT2D eigenvalue weighted by Crippen LogP contribution is -2.46. The number of unbranched alkanes of at least 4 members (excludes halogenated alkanes) is 22. The zero-order valence-corrected chi connectivity index (χ0v) is 31.9. The first kappa shape index (κ1) is 46.3. The number of carbonyl (C=O) groups excluding carboxylic acids is 2. The van der Waals surface area contributed by atoms with Gasteiger partial charge in [-0.1, -0.05) is 180 Å². The van der Waals surface area contributed by atoms with Crippen molar-refractivity contribution in [1.29, 1.82) is 0 Å². The Labute approximate surface area is 297 Å². The number of ether oxygens (including phenoxy) is 1. The molecular weight excluding hydrogens is 598 g/mol. The number of aliphatic hydroxyl groups excluding tert-OH is 2. The molecule has 3 N–H and O–H groups in total. The van der Waals surface area contributed by atoms with Gasteiger partial charge in [0.25, 0.3) is 0 Å². The summed E-state index contributed by atoms with van der Waals surface area (Å²) in [7, 11) is 0. The van der Waals surface area contributed by atoms with Gasteiger partial charge in [-0.2, -0.15) is 0 Å². The van der Waals surface area contributed by atoms with E-state index in [4.69, 9.17) is 4.74 Å². The van der Waals surface area contributed by atoms with E-state index in [1.54, 1.807) is 0 Å². The molecule has 0 aromatic heterocycles. The molecule has 0 aliphatic carbocycles. The fraction of sp³-hybridized carbons (Fsp3) is 0.857. The highest BCUT2D eigenvalue weighted by Gasteiger charge is 2.23. The van der Waals surface area contributed by atoms with Crippen LogP contribution in [0.2, 0.25) is 0 Å². The summed E-state index contributed by atoms with van der Waals surface area (Å²) in [4.78, 5) is 25.7. The van der Waals surface area contributed by atoms with Crippen LogP contribution in [-0.4, -0.2) is 46.9 Å². The molecule has 0 aliphatic rings. The van der Waals surface area contributed by atoms with Gasteiger partial charge in [0.15, 0.2) is 0 Å². The molecule has 282 valence electrons. The fourth-order valence-electron chi connectivity index (χ4n) is 6.10. The minimum atomic E-state index is -0.802. The standard InChI is InChI=1S/C42H79NO5/c1-4-7-10-13-16-19-20-23-24-27-30-33-38(48-42(47)35-32-29-26-22-18-15-12-9-6-3)36-41(46)43-39(37-44)40(45)34-31-28-25-21-17-14-11-8-5-2/h23-24,30,33,38-40,44-45H,4-22,25-29,31-32,34-37H2,1-3H3,(H,43,46)/b24-23-,33-30+. The maximum absolute atomic E-state index is 13.0. The Balaban J connectivity index is 4.72. The maximum atomic E-state index is 13.0. The number of aliphatic hydroxyl groups is 2. The third-order valence-electron chi connectivity index (χ3n) is 9.28. The zero-order chi connectivity index (χ0) is 35.3. The van der Waals surface area contributed by atoms with E-state index >= 15 is 0 Å². The average Bonchev–Trinajstić information content (AvgIpc) is 3.07. The summed E-state index contributed by atoms with van der Waals surface area (Å²) in [6, 6.07) is -0.723. The van der Waals surface area contributed by atoms with Gasteiger partial charge in [0.05, 0.1) is 25.2 Å². The fourth-order valence-corrected chi connectivity index (χ4v) is 6.10. The van der Waals surface area contributed by atoms with Crippen LogP contribution in [0, 0.1) is 0 Å². The number of allylic oxidation sites excluding steroid dienone is 3. The molecule has 3 atom stereocenters. The first-order valence-electron chi connectivity index (χ1n) is 20.6. The smallest absolute Gasteiger partial charge is 0.306 e. The van der Waals surface area contributed by atoms with Crippen molar-refractivity contribution in [3.05, 3.63) is 24.3 Å². The van der Waals surface area contributed by atoms with Gasteiger partial charge in [0.1, 0.15) is 6.10 Å². The first-order chi connectivity index (χ1) is 23.5. The van der Waals surface area contributed by atoms with E-state index in [1.165, 1.54) is 116 Å². The number of nitrogens with one attached hydrogen (secondary N) is 1. The van der Waals surface area contributed by atoms with Crippen molar-refractivity contribution in [3.8, 4) is 0 Å². The van der Waals surface area contributed by atoms with Gasteiger partial charge in [-0.25, -0.2) is 0 Å². The molecule has 0 rings (SSSR count). The van der Waals surface area contributed by atoms with Crippen LogP contribution in [0.25, 0.3) is 0 Å². The summed E-state index contributed by atoms with van der Waals surface area (Å²) < 4.78 is 5.76. The minimum absolute atomic E-state index is 0.0251. The van der Waals surface area contributed by atoms with Crippen LogP contribution in [0.5, 0.6) is 0 Å². The molecule has 0 saturated carbocycles. The lowest BCUT2D eigenvalue weighted by molar-refractivity contribution is -0.148.